The van der Waals surface area contributed by atoms with Gasteiger partial charge in [0, 0.05) is 18.1 Å². The van der Waals surface area contributed by atoms with Crippen LogP contribution in [0.2, 0.25) is 0 Å². The largest absolute Gasteiger partial charge is 0.394 e. The fourth-order valence-electron chi connectivity index (χ4n) is 1.38. The summed E-state index contributed by atoms with van der Waals surface area (Å²) in [6.45, 7) is 2.46. The van der Waals surface area contributed by atoms with Gasteiger partial charge in [0.1, 0.15) is 0 Å². The summed E-state index contributed by atoms with van der Waals surface area (Å²) in [4.78, 5) is 4.13. The third kappa shape index (κ3) is 3.24. The summed E-state index contributed by atoms with van der Waals surface area (Å²) < 4.78 is 1.59. The lowest BCUT2D eigenvalue weighted by Crippen LogP contribution is -2.05. The van der Waals surface area contributed by atoms with Crippen molar-refractivity contribution in [3.63, 3.8) is 0 Å². The normalized spacial score (nSPS) is 10.7. The number of aliphatic hydroxyl groups is 1. The van der Waals surface area contributed by atoms with Gasteiger partial charge in [0.15, 0.2) is 0 Å². The average Bonchev–Trinajstić information content (AvgIpc) is 2.75. The van der Waals surface area contributed by atoms with Crippen molar-refractivity contribution in [2.45, 2.75) is 24.4 Å². The van der Waals surface area contributed by atoms with Crippen LogP contribution >= 0.6 is 11.8 Å². The molecule has 6 nitrogen and oxygen atoms in total. The molecule has 17 heavy (non-hydrogen) atoms. The molecule has 0 aliphatic rings. The second-order valence-electron chi connectivity index (χ2n) is 3.57. The molecule has 0 fully saturated rings. The van der Waals surface area contributed by atoms with Crippen LogP contribution in [0.1, 0.15) is 11.1 Å². The Bertz CT molecular complexity index is 487. The lowest BCUT2D eigenvalue weighted by Gasteiger charge is -2.02. The molecule has 0 spiro atoms. The minimum atomic E-state index is 0.0323. The predicted molar refractivity (Wildman–Crippen MR) is 63.4 cm³/mol. The zero-order chi connectivity index (χ0) is 12.1. The fourth-order valence-corrected chi connectivity index (χ4v) is 2.20. The van der Waals surface area contributed by atoms with E-state index in [1.165, 1.54) is 11.8 Å². The molecule has 0 radical (unpaired) electrons. The van der Waals surface area contributed by atoms with Gasteiger partial charge in [-0.15, -0.1) is 5.10 Å². The third-order valence-electron chi connectivity index (χ3n) is 2.11. The second kappa shape index (κ2) is 5.74. The maximum atomic E-state index is 8.85. The SMILES string of the molecule is Cc1cncc(CSc2nnnn2CCO)c1. The first-order valence-corrected chi connectivity index (χ1v) is 6.18. The maximum Gasteiger partial charge on any atom is 0.209 e. The predicted octanol–water partition coefficient (Wildman–Crippen LogP) is 0.661. The minimum absolute atomic E-state index is 0.0323. The average molecular weight is 251 g/mol. The molecule has 90 valence electrons. The maximum absolute atomic E-state index is 8.85. The molecule has 2 aromatic heterocycles. The smallest absolute Gasteiger partial charge is 0.209 e. The van der Waals surface area contributed by atoms with Crippen LogP contribution in [-0.4, -0.2) is 36.9 Å². The van der Waals surface area contributed by atoms with Gasteiger partial charge in [-0.1, -0.05) is 17.8 Å². The van der Waals surface area contributed by atoms with Crippen LogP contribution in [0.5, 0.6) is 0 Å². The standard InChI is InChI=1S/C10H13N5OS/c1-8-4-9(6-11-5-8)7-17-10-12-13-14-15(10)2-3-16/h4-6,16H,2-3,7H2,1H3. The van der Waals surface area contributed by atoms with Crippen molar-refractivity contribution in [3.05, 3.63) is 29.6 Å². The minimum Gasteiger partial charge on any atom is -0.394 e. The van der Waals surface area contributed by atoms with Gasteiger partial charge in [-0.25, -0.2) is 4.68 Å². The molecule has 0 bridgehead atoms. The number of tetrazole rings is 1. The van der Waals surface area contributed by atoms with E-state index < -0.39 is 0 Å². The molecule has 0 atom stereocenters. The summed E-state index contributed by atoms with van der Waals surface area (Å²) in [6, 6.07) is 2.08. The van der Waals surface area contributed by atoms with Crippen LogP contribution < -0.4 is 0 Å². The van der Waals surface area contributed by atoms with Crippen molar-refractivity contribution < 1.29 is 5.11 Å². The van der Waals surface area contributed by atoms with Gasteiger partial charge in [-0.3, -0.25) is 4.98 Å². The van der Waals surface area contributed by atoms with Crippen molar-refractivity contribution in [2.75, 3.05) is 6.61 Å². The molecule has 0 saturated carbocycles. The first-order chi connectivity index (χ1) is 8.29. The molecule has 1 N–H and O–H groups in total. The highest BCUT2D eigenvalue weighted by Crippen LogP contribution is 2.19. The highest BCUT2D eigenvalue weighted by molar-refractivity contribution is 7.98. The Kier molecular flexibility index (Phi) is 4.05. The van der Waals surface area contributed by atoms with Crippen LogP contribution in [0.3, 0.4) is 0 Å². The van der Waals surface area contributed by atoms with Crippen molar-refractivity contribution in [2.24, 2.45) is 0 Å². The topological polar surface area (TPSA) is 76.7 Å². The van der Waals surface area contributed by atoms with E-state index in [-0.39, 0.29) is 6.61 Å². The first-order valence-electron chi connectivity index (χ1n) is 5.20. The van der Waals surface area contributed by atoms with Crippen LogP contribution in [-0.2, 0) is 12.3 Å². The summed E-state index contributed by atoms with van der Waals surface area (Å²) in [6.07, 6.45) is 3.66. The van der Waals surface area contributed by atoms with Crippen LogP contribution in [0, 0.1) is 6.92 Å². The zero-order valence-electron chi connectivity index (χ0n) is 9.44. The van der Waals surface area contributed by atoms with E-state index in [0.717, 1.165) is 16.9 Å². The van der Waals surface area contributed by atoms with Gasteiger partial charge in [0.25, 0.3) is 0 Å². The highest BCUT2D eigenvalue weighted by Gasteiger charge is 2.06. The monoisotopic (exact) mass is 251 g/mol. The summed E-state index contributed by atoms with van der Waals surface area (Å²) in [5, 5.41) is 20.8. The molecule has 0 aromatic carbocycles. The number of aromatic nitrogens is 5. The number of aryl methyl sites for hydroxylation is 1. The summed E-state index contributed by atoms with van der Waals surface area (Å²) >= 11 is 1.53. The number of hydrogen-bond donors (Lipinski definition) is 1. The number of aliphatic hydroxyl groups excluding tert-OH is 1. The highest BCUT2D eigenvalue weighted by atomic mass is 32.2. The van der Waals surface area contributed by atoms with E-state index in [1.807, 2.05) is 19.3 Å². The number of nitrogens with zero attached hydrogens (tertiary/aromatic N) is 5. The van der Waals surface area contributed by atoms with Crippen molar-refractivity contribution in [1.82, 2.24) is 25.2 Å². The molecule has 0 amide bonds. The number of pyridine rings is 1. The van der Waals surface area contributed by atoms with Gasteiger partial charge in [0.2, 0.25) is 5.16 Å². The molecule has 0 aliphatic heterocycles. The number of rotatable bonds is 5. The summed E-state index contributed by atoms with van der Waals surface area (Å²) in [5.74, 6) is 0.764. The zero-order valence-corrected chi connectivity index (χ0v) is 10.3. The van der Waals surface area contributed by atoms with Crippen LogP contribution in [0.15, 0.2) is 23.6 Å². The van der Waals surface area contributed by atoms with Crippen LogP contribution in [0.25, 0.3) is 0 Å². The lowest BCUT2D eigenvalue weighted by molar-refractivity contribution is 0.262. The van der Waals surface area contributed by atoms with E-state index in [1.54, 1.807) is 4.68 Å². The first kappa shape index (κ1) is 12.0. The Morgan fingerprint density at radius 3 is 3.06 bits per heavy atom. The Morgan fingerprint density at radius 1 is 1.41 bits per heavy atom. The quantitative estimate of drug-likeness (QED) is 0.787. The Morgan fingerprint density at radius 2 is 2.29 bits per heavy atom. The molecular weight excluding hydrogens is 238 g/mol. The molecule has 0 saturated heterocycles. The molecule has 7 heteroatoms. The molecule has 0 unspecified atom stereocenters. The Balaban J connectivity index is 1.99. The van der Waals surface area contributed by atoms with Gasteiger partial charge in [-0.2, -0.15) is 0 Å². The number of hydrogen-bond acceptors (Lipinski definition) is 6. The van der Waals surface area contributed by atoms with E-state index in [0.29, 0.717) is 11.7 Å². The van der Waals surface area contributed by atoms with Crippen LogP contribution in [0.4, 0.5) is 0 Å². The number of thioether (sulfide) groups is 1. The lowest BCUT2D eigenvalue weighted by atomic mass is 10.2. The van der Waals surface area contributed by atoms with E-state index in [9.17, 15) is 0 Å². The van der Waals surface area contributed by atoms with Gasteiger partial charge in [-0.05, 0) is 28.5 Å². The fraction of sp³-hybridized carbons (Fsp3) is 0.400. The molecule has 0 aliphatic carbocycles. The van der Waals surface area contributed by atoms with Gasteiger partial charge >= 0.3 is 0 Å². The Hall–Kier alpha value is -1.47. The summed E-state index contributed by atoms with van der Waals surface area (Å²) in [7, 11) is 0. The molecule has 2 rings (SSSR count). The van der Waals surface area contributed by atoms with Crippen molar-refractivity contribution in [1.29, 1.82) is 0 Å². The van der Waals surface area contributed by atoms with Crippen molar-refractivity contribution >= 4 is 11.8 Å². The molecule has 2 aromatic rings. The third-order valence-corrected chi connectivity index (χ3v) is 3.14. The van der Waals surface area contributed by atoms with E-state index in [4.69, 9.17) is 5.11 Å². The molecule has 2 heterocycles. The van der Waals surface area contributed by atoms with E-state index >= 15 is 0 Å². The van der Waals surface area contributed by atoms with Gasteiger partial charge in [0.05, 0.1) is 13.2 Å². The molecular formula is C10H13N5OS. The van der Waals surface area contributed by atoms with Crippen molar-refractivity contribution in [3.8, 4) is 0 Å². The Labute approximate surface area is 103 Å². The summed E-state index contributed by atoms with van der Waals surface area (Å²) in [5.41, 5.74) is 2.27. The van der Waals surface area contributed by atoms with Gasteiger partial charge < -0.3 is 5.11 Å². The van der Waals surface area contributed by atoms with E-state index in [2.05, 4.69) is 26.6 Å². The second-order valence-corrected chi connectivity index (χ2v) is 4.51.